The number of nitrogens with two attached hydrogens (primary N) is 2. The zero-order valence-electron chi connectivity index (χ0n) is 20.9. The number of para-hydroxylation sites is 1. The lowest BCUT2D eigenvalue weighted by molar-refractivity contribution is -0.123. The van der Waals surface area contributed by atoms with E-state index in [9.17, 15) is 4.79 Å². The summed E-state index contributed by atoms with van der Waals surface area (Å²) >= 11 is 0. The fourth-order valence-corrected chi connectivity index (χ4v) is 4.37. The molecule has 0 fully saturated rings. The number of nitrogens with zero attached hydrogens (tertiary/aromatic N) is 3. The molecule has 35 heavy (non-hydrogen) atoms. The Balaban J connectivity index is 1.60. The zero-order valence-corrected chi connectivity index (χ0v) is 20.9. The van der Waals surface area contributed by atoms with Crippen molar-refractivity contribution in [2.45, 2.75) is 65.6 Å². The maximum atomic E-state index is 12.3. The van der Waals surface area contributed by atoms with E-state index in [1.165, 1.54) is 0 Å². The number of fused-ring (bicyclic) bond motifs is 3. The molecule has 0 spiro atoms. The van der Waals surface area contributed by atoms with Gasteiger partial charge in [0.25, 0.3) is 0 Å². The van der Waals surface area contributed by atoms with E-state index < -0.39 is 6.04 Å². The van der Waals surface area contributed by atoms with Crippen LogP contribution >= 0.6 is 0 Å². The first-order chi connectivity index (χ1) is 16.9. The molecule has 5 N–H and O–H groups in total. The van der Waals surface area contributed by atoms with E-state index in [-0.39, 0.29) is 11.8 Å². The highest BCUT2D eigenvalue weighted by Gasteiger charge is 2.19. The number of aromatic nitrogens is 3. The van der Waals surface area contributed by atoms with Crippen LogP contribution in [0.2, 0.25) is 0 Å². The van der Waals surface area contributed by atoms with Gasteiger partial charge in [0.15, 0.2) is 5.82 Å². The Kier molecular flexibility index (Phi) is 7.66. The standard InChI is InChI=1S/C28H36N6O/c1-4-6-11-23-33-25-26(21-9-7-8-10-22(21)32-27(25)30)34(23)17-20-14-12-19(13-15-20)16-31-28(35)24(29)18(3)5-2/h7-10,12-15,18,24H,4-6,11,16-17,29H2,1-3H3,(H2,30,32)(H,31,35). The summed E-state index contributed by atoms with van der Waals surface area (Å²) < 4.78 is 2.29. The van der Waals surface area contributed by atoms with Crippen LogP contribution in [-0.4, -0.2) is 26.5 Å². The molecular weight excluding hydrogens is 436 g/mol. The maximum absolute atomic E-state index is 12.3. The molecule has 0 aliphatic rings. The third-order valence-electron chi connectivity index (χ3n) is 6.83. The second kappa shape index (κ2) is 10.9. The van der Waals surface area contributed by atoms with Gasteiger partial charge < -0.3 is 21.4 Å². The van der Waals surface area contributed by atoms with E-state index >= 15 is 0 Å². The summed E-state index contributed by atoms with van der Waals surface area (Å²) in [5.74, 6) is 1.55. The van der Waals surface area contributed by atoms with E-state index in [4.69, 9.17) is 16.5 Å². The highest BCUT2D eigenvalue weighted by Crippen LogP contribution is 2.30. The Morgan fingerprint density at radius 2 is 1.77 bits per heavy atom. The number of hydrogen-bond acceptors (Lipinski definition) is 5. The Labute approximate surface area is 206 Å². The molecule has 2 aromatic carbocycles. The summed E-state index contributed by atoms with van der Waals surface area (Å²) in [6.45, 7) is 7.38. The molecule has 1 amide bonds. The van der Waals surface area contributed by atoms with Crippen molar-refractivity contribution in [2.24, 2.45) is 11.7 Å². The number of hydrogen-bond donors (Lipinski definition) is 3. The number of unbranched alkanes of at least 4 members (excludes halogenated alkanes) is 1. The average molecular weight is 473 g/mol. The van der Waals surface area contributed by atoms with Gasteiger partial charge in [-0.05, 0) is 29.5 Å². The van der Waals surface area contributed by atoms with E-state index in [0.717, 1.165) is 64.6 Å². The molecule has 0 bridgehead atoms. The minimum absolute atomic E-state index is 0.105. The predicted octanol–water partition coefficient (Wildman–Crippen LogP) is 4.55. The lowest BCUT2D eigenvalue weighted by atomic mass is 9.99. The van der Waals surface area contributed by atoms with Gasteiger partial charge >= 0.3 is 0 Å². The average Bonchev–Trinajstić information content (AvgIpc) is 3.24. The number of rotatable bonds is 10. The quantitative estimate of drug-likeness (QED) is 0.314. The van der Waals surface area contributed by atoms with Crippen LogP contribution in [0.1, 0.15) is 57.0 Å². The fourth-order valence-electron chi connectivity index (χ4n) is 4.37. The minimum atomic E-state index is -0.480. The Bertz CT molecular complexity index is 1310. The summed E-state index contributed by atoms with van der Waals surface area (Å²) in [5, 5.41) is 4.02. The van der Waals surface area contributed by atoms with Gasteiger partial charge in [0.1, 0.15) is 11.3 Å². The molecule has 2 heterocycles. The summed E-state index contributed by atoms with van der Waals surface area (Å²) in [7, 11) is 0. The first-order valence-corrected chi connectivity index (χ1v) is 12.6. The molecule has 0 aliphatic carbocycles. The molecule has 7 heteroatoms. The van der Waals surface area contributed by atoms with Crippen molar-refractivity contribution < 1.29 is 4.79 Å². The molecule has 184 valence electrons. The van der Waals surface area contributed by atoms with Crippen molar-refractivity contribution in [1.29, 1.82) is 0 Å². The number of aryl methyl sites for hydroxylation is 1. The molecule has 0 radical (unpaired) electrons. The molecule has 4 rings (SSSR count). The van der Waals surface area contributed by atoms with Gasteiger partial charge in [0.2, 0.25) is 5.91 Å². The number of nitrogens with one attached hydrogen (secondary N) is 1. The molecule has 0 saturated carbocycles. The molecule has 4 aromatic rings. The Morgan fingerprint density at radius 3 is 2.49 bits per heavy atom. The predicted molar refractivity (Wildman–Crippen MR) is 143 cm³/mol. The topological polar surface area (TPSA) is 112 Å². The number of pyridine rings is 1. The fraction of sp³-hybridized carbons (Fsp3) is 0.393. The van der Waals surface area contributed by atoms with Gasteiger partial charge in [0, 0.05) is 24.9 Å². The first kappa shape index (κ1) is 24.7. The van der Waals surface area contributed by atoms with Crippen LogP contribution < -0.4 is 16.8 Å². The van der Waals surface area contributed by atoms with Crippen molar-refractivity contribution in [1.82, 2.24) is 19.9 Å². The molecule has 0 aliphatic heterocycles. The van der Waals surface area contributed by atoms with E-state index in [0.29, 0.717) is 18.9 Å². The largest absolute Gasteiger partial charge is 0.382 e. The van der Waals surface area contributed by atoms with E-state index in [2.05, 4.69) is 52.1 Å². The van der Waals surface area contributed by atoms with Crippen LogP contribution in [0.25, 0.3) is 21.9 Å². The second-order valence-corrected chi connectivity index (χ2v) is 9.37. The number of anilines is 1. The van der Waals surface area contributed by atoms with Crippen LogP contribution in [0, 0.1) is 5.92 Å². The number of nitrogen functional groups attached to an aromatic ring is 1. The van der Waals surface area contributed by atoms with Gasteiger partial charge in [-0.15, -0.1) is 0 Å². The number of amides is 1. The van der Waals surface area contributed by atoms with Crippen LogP contribution in [0.15, 0.2) is 48.5 Å². The third kappa shape index (κ3) is 5.30. The summed E-state index contributed by atoms with van der Waals surface area (Å²) in [6, 6.07) is 15.9. The van der Waals surface area contributed by atoms with Crippen LogP contribution in [0.3, 0.4) is 0 Å². The van der Waals surface area contributed by atoms with Crippen molar-refractivity contribution >= 4 is 33.7 Å². The summed E-state index contributed by atoms with van der Waals surface area (Å²) in [4.78, 5) is 21.8. The number of carbonyl (C=O) groups is 1. The van der Waals surface area contributed by atoms with Crippen LogP contribution in [-0.2, 0) is 24.3 Å². The van der Waals surface area contributed by atoms with Gasteiger partial charge in [-0.2, -0.15) is 0 Å². The van der Waals surface area contributed by atoms with Gasteiger partial charge in [-0.1, -0.05) is 76.1 Å². The lowest BCUT2D eigenvalue weighted by Gasteiger charge is -2.17. The van der Waals surface area contributed by atoms with Crippen molar-refractivity contribution in [2.75, 3.05) is 5.73 Å². The molecule has 7 nitrogen and oxygen atoms in total. The van der Waals surface area contributed by atoms with Crippen molar-refractivity contribution in [3.8, 4) is 0 Å². The molecule has 2 unspecified atom stereocenters. The molecule has 2 atom stereocenters. The first-order valence-electron chi connectivity index (χ1n) is 12.6. The van der Waals surface area contributed by atoms with E-state index in [1.54, 1.807) is 0 Å². The Hall–Kier alpha value is -3.45. The normalized spacial score (nSPS) is 13.3. The van der Waals surface area contributed by atoms with Gasteiger partial charge in [0.05, 0.1) is 17.1 Å². The monoisotopic (exact) mass is 472 g/mol. The smallest absolute Gasteiger partial charge is 0.237 e. The highest BCUT2D eigenvalue weighted by molar-refractivity contribution is 6.06. The number of benzene rings is 2. The van der Waals surface area contributed by atoms with Gasteiger partial charge in [-0.3, -0.25) is 4.79 Å². The minimum Gasteiger partial charge on any atom is -0.382 e. The molecular formula is C28H36N6O. The maximum Gasteiger partial charge on any atom is 0.237 e. The molecule has 2 aromatic heterocycles. The van der Waals surface area contributed by atoms with Crippen molar-refractivity contribution in [3.63, 3.8) is 0 Å². The van der Waals surface area contributed by atoms with Crippen LogP contribution in [0.4, 0.5) is 5.82 Å². The zero-order chi connectivity index (χ0) is 24.9. The third-order valence-corrected chi connectivity index (χ3v) is 6.83. The highest BCUT2D eigenvalue weighted by atomic mass is 16.2. The van der Waals surface area contributed by atoms with E-state index in [1.807, 2.05) is 32.0 Å². The Morgan fingerprint density at radius 1 is 1.06 bits per heavy atom. The number of carbonyl (C=O) groups excluding carboxylic acids is 1. The second-order valence-electron chi connectivity index (χ2n) is 9.37. The van der Waals surface area contributed by atoms with Gasteiger partial charge in [-0.25, -0.2) is 9.97 Å². The summed E-state index contributed by atoms with van der Waals surface area (Å²) in [5.41, 5.74) is 17.3. The molecule has 0 saturated heterocycles. The summed E-state index contributed by atoms with van der Waals surface area (Å²) in [6.07, 6.45) is 3.92. The SMILES string of the molecule is CCCCc1nc2c(N)nc3ccccc3c2n1Cc1ccc(CNC(=O)C(N)C(C)CC)cc1. The van der Waals surface area contributed by atoms with Crippen molar-refractivity contribution in [3.05, 3.63) is 65.5 Å². The number of imidazole rings is 1. The van der Waals surface area contributed by atoms with Crippen LogP contribution in [0.5, 0.6) is 0 Å². The lowest BCUT2D eigenvalue weighted by Crippen LogP contribution is -2.44.